The molecule has 0 aliphatic carbocycles. The molecule has 0 unspecified atom stereocenters. The summed E-state index contributed by atoms with van der Waals surface area (Å²) in [5.74, 6) is 0.168. The molecule has 0 aliphatic rings. The number of fused-ring (bicyclic) bond motifs is 1. The highest BCUT2D eigenvalue weighted by Crippen LogP contribution is 2.09. The Morgan fingerprint density at radius 3 is 3.00 bits per heavy atom. The van der Waals surface area contributed by atoms with Crippen molar-refractivity contribution in [2.24, 2.45) is 0 Å². The van der Waals surface area contributed by atoms with Gasteiger partial charge in [0.15, 0.2) is 5.82 Å². The zero-order valence-electron chi connectivity index (χ0n) is 11.4. The molecule has 2 heterocycles. The second-order valence-electron chi connectivity index (χ2n) is 4.66. The second-order valence-corrected chi connectivity index (χ2v) is 4.66. The van der Waals surface area contributed by atoms with Crippen LogP contribution < -0.4 is 5.56 Å². The van der Waals surface area contributed by atoms with Crippen molar-refractivity contribution in [2.45, 2.75) is 26.4 Å². The van der Waals surface area contributed by atoms with Crippen LogP contribution in [0.5, 0.6) is 0 Å². The maximum absolute atomic E-state index is 13.1. The van der Waals surface area contributed by atoms with Crippen LogP contribution in [0.3, 0.4) is 0 Å². The molecule has 0 bridgehead atoms. The van der Waals surface area contributed by atoms with Crippen LogP contribution in [-0.4, -0.2) is 29.8 Å². The van der Waals surface area contributed by atoms with Gasteiger partial charge in [-0.1, -0.05) is 6.92 Å². The molecule has 8 heteroatoms. The number of aryl methyl sites for hydroxylation is 1. The van der Waals surface area contributed by atoms with Gasteiger partial charge in [0.2, 0.25) is 0 Å². The highest BCUT2D eigenvalue weighted by Gasteiger charge is 2.10. The van der Waals surface area contributed by atoms with Gasteiger partial charge < -0.3 is 0 Å². The molecule has 0 saturated carbocycles. The third-order valence-corrected chi connectivity index (χ3v) is 3.14. The van der Waals surface area contributed by atoms with Gasteiger partial charge in [0, 0.05) is 12.6 Å². The molecule has 0 N–H and O–H groups in total. The molecule has 3 rings (SSSR count). The molecule has 0 radical (unpaired) electrons. The summed E-state index contributed by atoms with van der Waals surface area (Å²) in [6.07, 6.45) is 2.28. The maximum atomic E-state index is 13.1. The van der Waals surface area contributed by atoms with Crippen molar-refractivity contribution < 1.29 is 4.39 Å². The minimum atomic E-state index is -0.418. The van der Waals surface area contributed by atoms with Crippen molar-refractivity contribution in [1.82, 2.24) is 29.8 Å². The van der Waals surface area contributed by atoms with Gasteiger partial charge in [-0.2, -0.15) is 0 Å². The Morgan fingerprint density at radius 1 is 1.33 bits per heavy atom. The summed E-state index contributed by atoms with van der Waals surface area (Å²) in [4.78, 5) is 16.5. The molecule has 108 valence electrons. The van der Waals surface area contributed by atoms with E-state index in [2.05, 4.69) is 20.5 Å². The molecule has 3 aromatic rings. The van der Waals surface area contributed by atoms with Gasteiger partial charge in [-0.25, -0.2) is 14.1 Å². The molecule has 0 saturated heterocycles. The van der Waals surface area contributed by atoms with E-state index >= 15 is 0 Å². The largest absolute Gasteiger partial charge is 0.291 e. The Labute approximate surface area is 119 Å². The minimum absolute atomic E-state index is 0.228. The third kappa shape index (κ3) is 2.51. The van der Waals surface area contributed by atoms with Crippen LogP contribution in [0.2, 0.25) is 0 Å². The molecule has 0 amide bonds. The molecule has 0 atom stereocenters. The van der Waals surface area contributed by atoms with E-state index < -0.39 is 5.82 Å². The predicted octanol–water partition coefficient (Wildman–Crippen LogP) is 0.980. The third-order valence-electron chi connectivity index (χ3n) is 3.14. The maximum Gasteiger partial charge on any atom is 0.261 e. The lowest BCUT2D eigenvalue weighted by molar-refractivity contribution is 0.540. The zero-order chi connectivity index (χ0) is 14.8. The summed E-state index contributed by atoms with van der Waals surface area (Å²) in [6, 6.07) is 3.92. The van der Waals surface area contributed by atoms with Crippen molar-refractivity contribution in [1.29, 1.82) is 0 Å². The number of nitrogens with zero attached hydrogens (tertiary/aromatic N) is 6. The summed E-state index contributed by atoms with van der Waals surface area (Å²) < 4.78 is 16.2. The average molecular weight is 288 g/mol. The van der Waals surface area contributed by atoms with E-state index in [1.165, 1.54) is 29.1 Å². The van der Waals surface area contributed by atoms with Crippen LogP contribution in [0, 0.1) is 5.82 Å². The van der Waals surface area contributed by atoms with E-state index in [-0.39, 0.29) is 12.1 Å². The van der Waals surface area contributed by atoms with Crippen LogP contribution in [-0.2, 0) is 13.1 Å². The number of rotatable bonds is 4. The van der Waals surface area contributed by atoms with Crippen LogP contribution in [0.1, 0.15) is 19.2 Å². The van der Waals surface area contributed by atoms with Crippen LogP contribution in [0.4, 0.5) is 4.39 Å². The van der Waals surface area contributed by atoms with E-state index in [1.54, 1.807) is 4.68 Å². The monoisotopic (exact) mass is 288 g/mol. The number of aromatic nitrogens is 6. The normalized spacial score (nSPS) is 11.1. The van der Waals surface area contributed by atoms with Gasteiger partial charge in [0.1, 0.15) is 5.82 Å². The Balaban J connectivity index is 2.01. The standard InChI is InChI=1S/C13H13FN6O/c1-2-5-20-12(16-17-18-20)7-19-8-15-11-6-9(14)3-4-10(11)13(19)21/h3-4,6,8H,2,5,7H2,1H3. The summed E-state index contributed by atoms with van der Waals surface area (Å²) in [5.41, 5.74) is 0.0930. The average Bonchev–Trinajstić information content (AvgIpc) is 2.90. The van der Waals surface area contributed by atoms with E-state index in [0.717, 1.165) is 6.42 Å². The molecular weight excluding hydrogens is 275 g/mol. The fourth-order valence-electron chi connectivity index (χ4n) is 2.12. The summed E-state index contributed by atoms with van der Waals surface area (Å²) in [5, 5.41) is 11.8. The van der Waals surface area contributed by atoms with Gasteiger partial charge in [0.05, 0.1) is 23.8 Å². The molecule has 7 nitrogen and oxygen atoms in total. The molecular formula is C13H13FN6O. The van der Waals surface area contributed by atoms with E-state index in [4.69, 9.17) is 0 Å². The fraction of sp³-hybridized carbons (Fsp3) is 0.308. The van der Waals surface area contributed by atoms with Crippen LogP contribution in [0.25, 0.3) is 10.9 Å². The number of benzene rings is 1. The van der Waals surface area contributed by atoms with Crippen LogP contribution >= 0.6 is 0 Å². The summed E-state index contributed by atoms with van der Waals surface area (Å²) in [7, 11) is 0. The molecule has 0 aliphatic heterocycles. The van der Waals surface area contributed by atoms with E-state index in [0.29, 0.717) is 23.3 Å². The summed E-state index contributed by atoms with van der Waals surface area (Å²) in [6.45, 7) is 2.93. The number of tetrazole rings is 1. The van der Waals surface area contributed by atoms with Crippen molar-refractivity contribution in [3.63, 3.8) is 0 Å². The topological polar surface area (TPSA) is 78.5 Å². The quantitative estimate of drug-likeness (QED) is 0.715. The molecule has 2 aromatic heterocycles. The first-order valence-corrected chi connectivity index (χ1v) is 6.59. The highest BCUT2D eigenvalue weighted by molar-refractivity contribution is 5.77. The van der Waals surface area contributed by atoms with Crippen molar-refractivity contribution in [2.75, 3.05) is 0 Å². The van der Waals surface area contributed by atoms with Gasteiger partial charge in [0.25, 0.3) is 5.56 Å². The summed E-state index contributed by atoms with van der Waals surface area (Å²) >= 11 is 0. The van der Waals surface area contributed by atoms with Gasteiger partial charge in [-0.3, -0.25) is 9.36 Å². The second kappa shape index (κ2) is 5.39. The van der Waals surface area contributed by atoms with Gasteiger partial charge in [-0.05, 0) is 29.0 Å². The fourth-order valence-corrected chi connectivity index (χ4v) is 2.12. The van der Waals surface area contributed by atoms with Gasteiger partial charge in [-0.15, -0.1) is 5.10 Å². The Morgan fingerprint density at radius 2 is 2.19 bits per heavy atom. The van der Waals surface area contributed by atoms with E-state index in [1.807, 2.05) is 6.92 Å². The first-order chi connectivity index (χ1) is 10.2. The molecule has 21 heavy (non-hydrogen) atoms. The van der Waals surface area contributed by atoms with Crippen LogP contribution in [0.15, 0.2) is 29.3 Å². The van der Waals surface area contributed by atoms with Gasteiger partial charge >= 0.3 is 0 Å². The Bertz CT molecular complexity index is 840. The first kappa shape index (κ1) is 13.3. The molecule has 0 fully saturated rings. The van der Waals surface area contributed by atoms with Crippen molar-refractivity contribution in [3.8, 4) is 0 Å². The number of hydrogen-bond acceptors (Lipinski definition) is 5. The van der Waals surface area contributed by atoms with E-state index in [9.17, 15) is 9.18 Å². The highest BCUT2D eigenvalue weighted by atomic mass is 19.1. The smallest absolute Gasteiger partial charge is 0.261 e. The lowest BCUT2D eigenvalue weighted by Crippen LogP contribution is -2.23. The zero-order valence-corrected chi connectivity index (χ0v) is 11.4. The Hall–Kier alpha value is -2.64. The number of hydrogen-bond donors (Lipinski definition) is 0. The minimum Gasteiger partial charge on any atom is -0.291 e. The Kier molecular flexibility index (Phi) is 3.43. The lowest BCUT2D eigenvalue weighted by Gasteiger charge is -2.06. The first-order valence-electron chi connectivity index (χ1n) is 6.59. The number of halogens is 1. The predicted molar refractivity (Wildman–Crippen MR) is 73.2 cm³/mol. The molecule has 0 spiro atoms. The molecule has 1 aromatic carbocycles. The lowest BCUT2D eigenvalue weighted by atomic mass is 10.2. The van der Waals surface area contributed by atoms with Crippen molar-refractivity contribution >= 4 is 10.9 Å². The SMILES string of the molecule is CCCn1nnnc1Cn1cnc2cc(F)ccc2c1=O. The van der Waals surface area contributed by atoms with Crippen molar-refractivity contribution in [3.05, 3.63) is 46.5 Å².